The molecule has 0 aliphatic carbocycles. The molecule has 0 saturated carbocycles. The van der Waals surface area contributed by atoms with Crippen molar-refractivity contribution in [2.75, 3.05) is 24.9 Å². The Balaban J connectivity index is 1.67. The highest BCUT2D eigenvalue weighted by atomic mass is 35.5. The van der Waals surface area contributed by atoms with E-state index in [4.69, 9.17) is 21.1 Å². The number of fused-ring (bicyclic) bond motifs is 2. The predicted octanol–water partition coefficient (Wildman–Crippen LogP) is 5.06. The van der Waals surface area contributed by atoms with Gasteiger partial charge in [-0.25, -0.2) is 9.18 Å². The fourth-order valence-corrected chi connectivity index (χ4v) is 6.44. The standard InChI is InChI=1S/C31H32ClFN4O5/c1-30(2,3)14-23-31(18-15-34-12-11-20(18)36-29(31)40)24(17-7-6-8-19(32)25(17)33)26(37-23)27(38)35-21-10-9-16(28(39)42-5)13-22(21)41-4/h6-13,15,23-24,26,37H,14H2,1-5H3,(H,35,38)(H,36,40)/t23-,24-,26+,31+/m1/s1. The zero-order chi connectivity index (χ0) is 30.4. The van der Waals surface area contributed by atoms with Crippen LogP contribution in [0.1, 0.15) is 54.6 Å². The van der Waals surface area contributed by atoms with E-state index in [2.05, 4.69) is 20.9 Å². The number of hydrogen-bond acceptors (Lipinski definition) is 7. The number of benzene rings is 2. The van der Waals surface area contributed by atoms with Gasteiger partial charge >= 0.3 is 5.97 Å². The number of anilines is 2. The van der Waals surface area contributed by atoms with E-state index in [9.17, 15) is 14.4 Å². The molecule has 1 fully saturated rings. The zero-order valence-corrected chi connectivity index (χ0v) is 24.6. The highest BCUT2D eigenvalue weighted by Gasteiger charge is 2.66. The van der Waals surface area contributed by atoms with E-state index in [1.165, 1.54) is 38.5 Å². The van der Waals surface area contributed by atoms with Crippen molar-refractivity contribution in [2.45, 2.75) is 50.6 Å². The molecule has 2 amide bonds. The number of methoxy groups -OCH3 is 2. The van der Waals surface area contributed by atoms with E-state index in [-0.39, 0.29) is 38.9 Å². The van der Waals surface area contributed by atoms with Crippen molar-refractivity contribution in [3.8, 4) is 5.75 Å². The van der Waals surface area contributed by atoms with Crippen molar-refractivity contribution in [1.82, 2.24) is 10.3 Å². The van der Waals surface area contributed by atoms with E-state index in [0.29, 0.717) is 17.7 Å². The fourth-order valence-electron chi connectivity index (χ4n) is 6.25. The minimum Gasteiger partial charge on any atom is -0.495 e. The smallest absolute Gasteiger partial charge is 0.337 e. The van der Waals surface area contributed by atoms with Crippen LogP contribution < -0.4 is 20.7 Å². The van der Waals surface area contributed by atoms with Gasteiger partial charge in [0.05, 0.1) is 36.5 Å². The van der Waals surface area contributed by atoms with E-state index >= 15 is 4.39 Å². The summed E-state index contributed by atoms with van der Waals surface area (Å²) in [7, 11) is 2.67. The molecule has 220 valence electrons. The average Bonchev–Trinajstić information content (AvgIpc) is 3.44. The first-order chi connectivity index (χ1) is 19.9. The number of aromatic nitrogens is 1. The number of amides is 2. The molecule has 1 spiro atoms. The van der Waals surface area contributed by atoms with Crippen LogP contribution in [0.3, 0.4) is 0 Å². The number of nitrogens with one attached hydrogen (secondary N) is 3. The van der Waals surface area contributed by atoms with Crippen molar-refractivity contribution in [3.63, 3.8) is 0 Å². The normalized spacial score (nSPS) is 22.9. The van der Waals surface area contributed by atoms with Gasteiger partial charge in [-0.05, 0) is 47.7 Å². The predicted molar refractivity (Wildman–Crippen MR) is 156 cm³/mol. The van der Waals surface area contributed by atoms with Gasteiger partial charge in [-0.3, -0.25) is 14.6 Å². The molecule has 0 unspecified atom stereocenters. The largest absolute Gasteiger partial charge is 0.495 e. The van der Waals surface area contributed by atoms with Gasteiger partial charge in [0, 0.05) is 35.6 Å². The fraction of sp³-hybridized carbons (Fsp3) is 0.355. The number of halogens is 2. The minimum atomic E-state index is -1.39. The molecule has 3 aromatic rings. The van der Waals surface area contributed by atoms with Gasteiger partial charge in [-0.2, -0.15) is 0 Å². The Morgan fingerprint density at radius 2 is 1.93 bits per heavy atom. The topological polar surface area (TPSA) is 119 Å². The quantitative estimate of drug-likeness (QED) is 0.341. The molecule has 1 aromatic heterocycles. The van der Waals surface area contributed by atoms with Gasteiger partial charge in [0.15, 0.2) is 0 Å². The average molecular weight is 595 g/mol. The van der Waals surface area contributed by atoms with Crippen molar-refractivity contribution in [1.29, 1.82) is 0 Å². The number of hydrogen-bond donors (Lipinski definition) is 3. The second-order valence-corrected chi connectivity index (χ2v) is 12.1. The zero-order valence-electron chi connectivity index (χ0n) is 23.9. The molecular formula is C31H32ClFN4O5. The van der Waals surface area contributed by atoms with Crippen LogP contribution in [-0.4, -0.2) is 49.1 Å². The molecule has 5 rings (SSSR count). The van der Waals surface area contributed by atoms with Crippen LogP contribution in [0.15, 0.2) is 54.9 Å². The van der Waals surface area contributed by atoms with Crippen LogP contribution in [0.2, 0.25) is 5.02 Å². The lowest BCUT2D eigenvalue weighted by Crippen LogP contribution is -2.49. The molecule has 2 aromatic carbocycles. The van der Waals surface area contributed by atoms with Crippen molar-refractivity contribution in [2.24, 2.45) is 5.41 Å². The van der Waals surface area contributed by atoms with Crippen LogP contribution >= 0.6 is 11.6 Å². The van der Waals surface area contributed by atoms with Crippen LogP contribution in [0.5, 0.6) is 5.75 Å². The lowest BCUT2D eigenvalue weighted by Gasteiger charge is -2.37. The highest BCUT2D eigenvalue weighted by Crippen LogP contribution is 2.56. The summed E-state index contributed by atoms with van der Waals surface area (Å²) in [6.07, 6.45) is 3.66. The Morgan fingerprint density at radius 3 is 2.62 bits per heavy atom. The van der Waals surface area contributed by atoms with Crippen LogP contribution in [-0.2, 0) is 19.7 Å². The third-order valence-electron chi connectivity index (χ3n) is 7.94. The summed E-state index contributed by atoms with van der Waals surface area (Å²) in [6, 6.07) is 9.10. The van der Waals surface area contributed by atoms with Gasteiger partial charge < -0.3 is 25.4 Å². The second-order valence-electron chi connectivity index (χ2n) is 11.7. The Labute approximate surface area is 248 Å². The summed E-state index contributed by atoms with van der Waals surface area (Å²) in [4.78, 5) is 44.7. The SMILES string of the molecule is COC(=O)c1ccc(NC(=O)[C@H]2N[C@H](CC(C)(C)C)[C@]3(C(=O)Nc4ccncc43)[C@@H]2c2cccc(Cl)c2F)c(OC)c1. The number of carbonyl (C=O) groups is 3. The number of pyridine rings is 1. The van der Waals surface area contributed by atoms with Gasteiger partial charge in [0.1, 0.15) is 17.0 Å². The van der Waals surface area contributed by atoms with E-state index in [1.54, 1.807) is 30.6 Å². The Kier molecular flexibility index (Phi) is 7.72. The molecule has 2 aliphatic rings. The number of nitrogens with zero attached hydrogens (tertiary/aromatic N) is 1. The Morgan fingerprint density at radius 1 is 1.17 bits per heavy atom. The molecule has 2 aliphatic heterocycles. The van der Waals surface area contributed by atoms with E-state index in [1.807, 2.05) is 20.8 Å². The molecule has 11 heteroatoms. The summed E-state index contributed by atoms with van der Waals surface area (Å²) >= 11 is 6.25. The number of esters is 1. The van der Waals surface area contributed by atoms with Gasteiger partial charge in [0.2, 0.25) is 11.8 Å². The second kappa shape index (κ2) is 11.0. The summed E-state index contributed by atoms with van der Waals surface area (Å²) in [5, 5.41) is 9.13. The lowest BCUT2D eigenvalue weighted by molar-refractivity contribution is -0.122. The third-order valence-corrected chi connectivity index (χ3v) is 8.23. The maximum Gasteiger partial charge on any atom is 0.337 e. The number of rotatable bonds is 6. The van der Waals surface area contributed by atoms with Crippen LogP contribution in [0.25, 0.3) is 0 Å². The van der Waals surface area contributed by atoms with Crippen LogP contribution in [0.4, 0.5) is 15.8 Å². The van der Waals surface area contributed by atoms with Crippen molar-refractivity contribution < 1.29 is 28.2 Å². The summed E-state index contributed by atoms with van der Waals surface area (Å²) in [5.41, 5.74) is 0.135. The molecule has 4 atom stereocenters. The van der Waals surface area contributed by atoms with E-state index in [0.717, 1.165) is 0 Å². The molecular weight excluding hydrogens is 563 g/mol. The number of carbonyl (C=O) groups excluding carboxylic acids is 3. The van der Waals surface area contributed by atoms with Crippen molar-refractivity contribution in [3.05, 3.63) is 82.4 Å². The van der Waals surface area contributed by atoms with Gasteiger partial charge in [-0.15, -0.1) is 0 Å². The molecule has 0 bridgehead atoms. The maximum absolute atomic E-state index is 15.9. The Bertz CT molecular complexity index is 1580. The molecule has 42 heavy (non-hydrogen) atoms. The van der Waals surface area contributed by atoms with Crippen molar-refractivity contribution >= 4 is 40.8 Å². The minimum absolute atomic E-state index is 0.119. The molecule has 3 N–H and O–H groups in total. The summed E-state index contributed by atoms with van der Waals surface area (Å²) in [6.45, 7) is 6.11. The number of ether oxygens (including phenoxy) is 2. The Hall–Kier alpha value is -4.02. The van der Waals surface area contributed by atoms with E-state index < -0.39 is 41.1 Å². The molecule has 0 radical (unpaired) electrons. The molecule has 3 heterocycles. The van der Waals surface area contributed by atoms with Crippen LogP contribution in [0, 0.1) is 11.2 Å². The third kappa shape index (κ3) is 4.88. The van der Waals surface area contributed by atoms with Gasteiger partial charge in [0.25, 0.3) is 0 Å². The van der Waals surface area contributed by atoms with Gasteiger partial charge in [-0.1, -0.05) is 44.5 Å². The molecule has 1 saturated heterocycles. The monoisotopic (exact) mass is 594 g/mol. The maximum atomic E-state index is 15.9. The summed E-state index contributed by atoms with van der Waals surface area (Å²) < 4.78 is 26.1. The first-order valence-corrected chi connectivity index (χ1v) is 13.8. The lowest BCUT2D eigenvalue weighted by atomic mass is 9.62. The molecule has 9 nitrogen and oxygen atoms in total. The first-order valence-electron chi connectivity index (χ1n) is 13.5. The first kappa shape index (κ1) is 29.5. The summed E-state index contributed by atoms with van der Waals surface area (Å²) in [5.74, 6) is -2.93. The highest BCUT2D eigenvalue weighted by molar-refractivity contribution is 6.30.